The molecule has 0 bridgehead atoms. The quantitative estimate of drug-likeness (QED) is 0.760. The predicted molar refractivity (Wildman–Crippen MR) is 65.7 cm³/mol. The number of hydrogen-bond acceptors (Lipinski definition) is 3. The fourth-order valence-electron chi connectivity index (χ4n) is 1.98. The highest BCUT2D eigenvalue weighted by atomic mass is 16.2. The zero-order chi connectivity index (χ0) is 11.7. The normalized spacial score (nSPS) is 16.9. The molecule has 1 aromatic rings. The predicted octanol–water partition coefficient (Wildman–Crippen LogP) is 0.817. The third-order valence-electron chi connectivity index (χ3n) is 2.90. The van der Waals surface area contributed by atoms with E-state index in [0.717, 1.165) is 17.9 Å². The Morgan fingerprint density at radius 3 is 2.56 bits per heavy atom. The number of fused-ring (bicyclic) bond motifs is 1. The summed E-state index contributed by atoms with van der Waals surface area (Å²) in [7, 11) is 2.03. The van der Waals surface area contributed by atoms with Crippen LogP contribution in [-0.4, -0.2) is 32.1 Å². The lowest BCUT2D eigenvalue weighted by Crippen LogP contribution is -2.48. The van der Waals surface area contributed by atoms with Gasteiger partial charge in [0.2, 0.25) is 5.91 Å². The van der Waals surface area contributed by atoms with Gasteiger partial charge >= 0.3 is 0 Å². The third-order valence-corrected chi connectivity index (χ3v) is 2.90. The number of likely N-dealkylation sites (N-methyl/N-ethyl adjacent to an activating group) is 1. The first kappa shape index (κ1) is 11.0. The summed E-state index contributed by atoms with van der Waals surface area (Å²) >= 11 is 0. The Balaban J connectivity index is 2.38. The molecule has 4 nitrogen and oxygen atoms in total. The highest BCUT2D eigenvalue weighted by Crippen LogP contribution is 2.31. The molecular weight excluding hydrogens is 202 g/mol. The lowest BCUT2D eigenvalue weighted by atomic mass is 10.1. The van der Waals surface area contributed by atoms with Gasteiger partial charge in [-0.25, -0.2) is 0 Å². The molecule has 1 aromatic carbocycles. The minimum absolute atomic E-state index is 0.0134. The monoisotopic (exact) mass is 219 g/mol. The van der Waals surface area contributed by atoms with Crippen LogP contribution in [0.2, 0.25) is 0 Å². The Labute approximate surface area is 95.6 Å². The van der Waals surface area contributed by atoms with Crippen LogP contribution in [0.4, 0.5) is 11.4 Å². The Kier molecular flexibility index (Phi) is 2.83. The zero-order valence-electron chi connectivity index (χ0n) is 9.68. The molecule has 1 amide bonds. The van der Waals surface area contributed by atoms with E-state index in [1.54, 1.807) is 11.8 Å². The molecule has 1 heterocycles. The summed E-state index contributed by atoms with van der Waals surface area (Å²) in [5, 5.41) is 0. The van der Waals surface area contributed by atoms with Gasteiger partial charge in [-0.3, -0.25) is 4.79 Å². The summed E-state index contributed by atoms with van der Waals surface area (Å²) in [6, 6.07) is 7.46. The van der Waals surface area contributed by atoms with Crippen LogP contribution in [0.1, 0.15) is 6.92 Å². The number of carbonyl (C=O) groups excluding carboxylic acids is 1. The zero-order valence-corrected chi connectivity index (χ0v) is 9.68. The van der Waals surface area contributed by atoms with Crippen molar-refractivity contribution in [3.63, 3.8) is 0 Å². The van der Waals surface area contributed by atoms with Crippen LogP contribution in [0.5, 0.6) is 0 Å². The standard InChI is InChI=1S/C12H17N3O/c1-9(13)12(16)15-8-7-14(2)10-5-3-4-6-11(10)15/h3-6,9H,7-8,13H2,1-2H3. The van der Waals surface area contributed by atoms with Crippen molar-refractivity contribution in [2.24, 2.45) is 5.73 Å². The van der Waals surface area contributed by atoms with E-state index in [0.29, 0.717) is 6.54 Å². The van der Waals surface area contributed by atoms with Gasteiger partial charge in [0.15, 0.2) is 0 Å². The molecule has 4 heteroatoms. The van der Waals surface area contributed by atoms with Crippen molar-refractivity contribution in [3.05, 3.63) is 24.3 Å². The molecule has 0 fully saturated rings. The molecule has 0 spiro atoms. The summed E-state index contributed by atoms with van der Waals surface area (Å²) in [6.45, 7) is 3.27. The van der Waals surface area contributed by atoms with E-state index in [4.69, 9.17) is 5.73 Å². The Bertz CT molecular complexity index is 403. The number of anilines is 2. The summed E-state index contributed by atoms with van der Waals surface area (Å²) in [6.07, 6.45) is 0. The Morgan fingerprint density at radius 2 is 1.94 bits per heavy atom. The van der Waals surface area contributed by atoms with E-state index in [1.807, 2.05) is 31.3 Å². The van der Waals surface area contributed by atoms with Crippen LogP contribution in [0, 0.1) is 0 Å². The van der Waals surface area contributed by atoms with Crippen molar-refractivity contribution in [1.82, 2.24) is 0 Å². The first-order valence-electron chi connectivity index (χ1n) is 5.48. The molecule has 86 valence electrons. The van der Waals surface area contributed by atoms with Crippen molar-refractivity contribution in [2.45, 2.75) is 13.0 Å². The van der Waals surface area contributed by atoms with E-state index >= 15 is 0 Å². The summed E-state index contributed by atoms with van der Waals surface area (Å²) < 4.78 is 0. The van der Waals surface area contributed by atoms with Crippen LogP contribution in [-0.2, 0) is 4.79 Å². The molecule has 1 aliphatic rings. The van der Waals surface area contributed by atoms with Gasteiger partial charge in [-0.05, 0) is 19.1 Å². The first-order chi connectivity index (χ1) is 7.61. The number of para-hydroxylation sites is 2. The second kappa shape index (κ2) is 4.14. The van der Waals surface area contributed by atoms with E-state index in [-0.39, 0.29) is 5.91 Å². The van der Waals surface area contributed by atoms with Gasteiger partial charge in [0.1, 0.15) is 0 Å². The molecule has 1 unspecified atom stereocenters. The van der Waals surface area contributed by atoms with Crippen LogP contribution in [0.15, 0.2) is 24.3 Å². The van der Waals surface area contributed by atoms with Crippen molar-refractivity contribution >= 4 is 17.3 Å². The third kappa shape index (κ3) is 1.76. The van der Waals surface area contributed by atoms with Crippen molar-refractivity contribution in [2.75, 3.05) is 29.9 Å². The van der Waals surface area contributed by atoms with Crippen molar-refractivity contribution in [3.8, 4) is 0 Å². The number of amides is 1. The SMILES string of the molecule is CC(N)C(=O)N1CCN(C)c2ccccc21. The van der Waals surface area contributed by atoms with Gasteiger partial charge in [0, 0.05) is 20.1 Å². The number of rotatable bonds is 1. The minimum Gasteiger partial charge on any atom is -0.371 e. The molecule has 2 N–H and O–H groups in total. The van der Waals surface area contributed by atoms with Gasteiger partial charge in [-0.2, -0.15) is 0 Å². The van der Waals surface area contributed by atoms with E-state index in [2.05, 4.69) is 4.90 Å². The molecule has 1 atom stereocenters. The average Bonchev–Trinajstić information content (AvgIpc) is 2.29. The van der Waals surface area contributed by atoms with Gasteiger partial charge in [-0.1, -0.05) is 12.1 Å². The topological polar surface area (TPSA) is 49.6 Å². The van der Waals surface area contributed by atoms with Crippen molar-refractivity contribution in [1.29, 1.82) is 0 Å². The fraction of sp³-hybridized carbons (Fsp3) is 0.417. The molecular formula is C12H17N3O. The minimum atomic E-state index is -0.448. The largest absolute Gasteiger partial charge is 0.371 e. The molecule has 0 radical (unpaired) electrons. The second-order valence-corrected chi connectivity index (χ2v) is 4.19. The molecule has 2 rings (SSSR count). The van der Waals surface area contributed by atoms with Crippen LogP contribution >= 0.6 is 0 Å². The Morgan fingerprint density at radius 1 is 1.31 bits per heavy atom. The van der Waals surface area contributed by atoms with E-state index in [9.17, 15) is 4.79 Å². The lowest BCUT2D eigenvalue weighted by Gasteiger charge is -2.36. The number of nitrogens with zero attached hydrogens (tertiary/aromatic N) is 2. The molecule has 0 saturated heterocycles. The molecule has 0 aliphatic carbocycles. The molecule has 1 aliphatic heterocycles. The van der Waals surface area contributed by atoms with Crippen molar-refractivity contribution < 1.29 is 4.79 Å². The summed E-state index contributed by atoms with van der Waals surface area (Å²) in [5.41, 5.74) is 7.70. The number of hydrogen-bond donors (Lipinski definition) is 1. The lowest BCUT2D eigenvalue weighted by molar-refractivity contribution is -0.119. The number of carbonyl (C=O) groups is 1. The van der Waals surface area contributed by atoms with Gasteiger partial charge in [0.25, 0.3) is 0 Å². The smallest absolute Gasteiger partial charge is 0.243 e. The maximum atomic E-state index is 11.9. The molecule has 16 heavy (non-hydrogen) atoms. The highest BCUT2D eigenvalue weighted by Gasteiger charge is 2.26. The molecule has 0 saturated carbocycles. The van der Waals surface area contributed by atoms with Crippen LogP contribution in [0.3, 0.4) is 0 Å². The summed E-state index contributed by atoms with van der Waals surface area (Å²) in [5.74, 6) is -0.0134. The number of benzene rings is 1. The maximum absolute atomic E-state index is 11.9. The van der Waals surface area contributed by atoms with Gasteiger partial charge in [0.05, 0.1) is 17.4 Å². The fourth-order valence-corrected chi connectivity index (χ4v) is 1.98. The number of nitrogens with two attached hydrogens (primary N) is 1. The van der Waals surface area contributed by atoms with Gasteiger partial charge in [-0.15, -0.1) is 0 Å². The van der Waals surface area contributed by atoms with Crippen LogP contribution < -0.4 is 15.5 Å². The van der Waals surface area contributed by atoms with E-state index < -0.39 is 6.04 Å². The summed E-state index contributed by atoms with van der Waals surface area (Å²) in [4.78, 5) is 15.9. The van der Waals surface area contributed by atoms with Gasteiger partial charge < -0.3 is 15.5 Å². The highest BCUT2D eigenvalue weighted by molar-refractivity contribution is 6.00. The van der Waals surface area contributed by atoms with E-state index in [1.165, 1.54) is 0 Å². The first-order valence-corrected chi connectivity index (χ1v) is 5.48. The van der Waals surface area contributed by atoms with Crippen LogP contribution in [0.25, 0.3) is 0 Å². The Hall–Kier alpha value is -1.55. The average molecular weight is 219 g/mol. The molecule has 0 aromatic heterocycles. The maximum Gasteiger partial charge on any atom is 0.243 e. The second-order valence-electron chi connectivity index (χ2n) is 4.19.